The van der Waals surface area contributed by atoms with Crippen LogP contribution in [0.15, 0.2) is 42.5 Å². The molecule has 0 saturated carbocycles. The Labute approximate surface area is 149 Å². The predicted molar refractivity (Wildman–Crippen MR) is 92.8 cm³/mol. The number of benzene rings is 2. The smallest absolute Gasteiger partial charge is 0.418 e. The summed E-state index contributed by atoms with van der Waals surface area (Å²) < 4.78 is 49.9. The van der Waals surface area contributed by atoms with E-state index in [-0.39, 0.29) is 17.0 Å². The predicted octanol–water partition coefficient (Wildman–Crippen LogP) is 5.15. The zero-order valence-corrected chi connectivity index (χ0v) is 14.5. The second-order valence-electron chi connectivity index (χ2n) is 5.59. The van der Waals surface area contributed by atoms with E-state index in [0.29, 0.717) is 12.4 Å². The van der Waals surface area contributed by atoms with E-state index in [9.17, 15) is 18.0 Å². The summed E-state index contributed by atoms with van der Waals surface area (Å²) in [5, 5.41) is 2.30. The molecular formula is C19H20F3NO3. The Morgan fingerprint density at radius 1 is 1.08 bits per heavy atom. The van der Waals surface area contributed by atoms with Crippen molar-refractivity contribution in [2.75, 3.05) is 19.0 Å². The lowest BCUT2D eigenvalue weighted by molar-refractivity contribution is -0.137. The van der Waals surface area contributed by atoms with Crippen LogP contribution in [0.25, 0.3) is 0 Å². The number of amides is 1. The molecule has 0 aromatic heterocycles. The van der Waals surface area contributed by atoms with E-state index >= 15 is 0 Å². The van der Waals surface area contributed by atoms with Gasteiger partial charge in [-0.2, -0.15) is 13.2 Å². The lowest BCUT2D eigenvalue weighted by Crippen LogP contribution is -2.16. The van der Waals surface area contributed by atoms with Crippen molar-refractivity contribution in [3.63, 3.8) is 0 Å². The number of rotatable bonds is 7. The first kappa shape index (κ1) is 19.6. The van der Waals surface area contributed by atoms with Crippen LogP contribution in [0.1, 0.15) is 35.7 Å². The Bertz CT molecular complexity index is 743. The van der Waals surface area contributed by atoms with Gasteiger partial charge in [0.2, 0.25) is 0 Å². The van der Waals surface area contributed by atoms with Gasteiger partial charge in [0.25, 0.3) is 5.91 Å². The number of carbonyl (C=O) groups excluding carboxylic acids is 1. The fourth-order valence-corrected chi connectivity index (χ4v) is 2.23. The highest BCUT2D eigenvalue weighted by Crippen LogP contribution is 2.37. The molecular weight excluding hydrogens is 347 g/mol. The molecule has 0 radical (unpaired) electrons. The van der Waals surface area contributed by atoms with Crippen LogP contribution in [0.3, 0.4) is 0 Å². The molecule has 1 amide bonds. The van der Waals surface area contributed by atoms with Crippen LogP contribution in [0.4, 0.5) is 18.9 Å². The second-order valence-corrected chi connectivity index (χ2v) is 5.59. The minimum Gasteiger partial charge on any atom is -0.497 e. The molecule has 0 aliphatic rings. The molecule has 0 aliphatic carbocycles. The minimum atomic E-state index is -4.62. The number of ether oxygens (including phenoxy) is 2. The van der Waals surface area contributed by atoms with Crippen molar-refractivity contribution in [3.05, 3.63) is 53.6 Å². The van der Waals surface area contributed by atoms with Crippen LogP contribution < -0.4 is 14.8 Å². The molecule has 2 aromatic carbocycles. The van der Waals surface area contributed by atoms with E-state index in [2.05, 4.69) is 5.32 Å². The summed E-state index contributed by atoms with van der Waals surface area (Å²) in [4.78, 5) is 12.3. The topological polar surface area (TPSA) is 47.6 Å². The van der Waals surface area contributed by atoms with Gasteiger partial charge in [0.15, 0.2) is 0 Å². The van der Waals surface area contributed by atoms with Crippen molar-refractivity contribution in [2.24, 2.45) is 0 Å². The van der Waals surface area contributed by atoms with Crippen molar-refractivity contribution < 1.29 is 27.4 Å². The lowest BCUT2D eigenvalue weighted by Gasteiger charge is -2.15. The number of hydrogen-bond acceptors (Lipinski definition) is 3. The van der Waals surface area contributed by atoms with E-state index in [0.717, 1.165) is 18.9 Å². The van der Waals surface area contributed by atoms with Gasteiger partial charge < -0.3 is 14.8 Å². The van der Waals surface area contributed by atoms with Crippen molar-refractivity contribution >= 4 is 11.6 Å². The van der Waals surface area contributed by atoms with Crippen LogP contribution in [0.2, 0.25) is 0 Å². The van der Waals surface area contributed by atoms with E-state index < -0.39 is 17.6 Å². The monoisotopic (exact) mass is 367 g/mol. The van der Waals surface area contributed by atoms with E-state index in [1.807, 2.05) is 6.92 Å². The fraction of sp³-hybridized carbons (Fsp3) is 0.316. The number of alkyl halides is 3. The van der Waals surface area contributed by atoms with Crippen LogP contribution in [0.5, 0.6) is 11.5 Å². The number of carbonyl (C=O) groups is 1. The Morgan fingerprint density at radius 2 is 1.73 bits per heavy atom. The number of hydrogen-bond donors (Lipinski definition) is 1. The molecule has 0 atom stereocenters. The van der Waals surface area contributed by atoms with Gasteiger partial charge in [0, 0.05) is 5.56 Å². The molecule has 26 heavy (non-hydrogen) atoms. The molecule has 0 spiro atoms. The summed E-state index contributed by atoms with van der Waals surface area (Å²) in [6.07, 6.45) is -2.70. The highest BCUT2D eigenvalue weighted by atomic mass is 19.4. The van der Waals surface area contributed by atoms with Crippen LogP contribution in [-0.4, -0.2) is 19.6 Å². The van der Waals surface area contributed by atoms with Gasteiger partial charge in [-0.3, -0.25) is 4.79 Å². The van der Waals surface area contributed by atoms with Gasteiger partial charge in [-0.25, -0.2) is 0 Å². The average Bonchev–Trinajstić information content (AvgIpc) is 2.62. The van der Waals surface area contributed by atoms with Gasteiger partial charge in [0.05, 0.1) is 25.0 Å². The molecule has 0 fully saturated rings. The number of unbranched alkanes of at least 4 members (excludes halogenated alkanes) is 1. The number of halogens is 3. The molecule has 0 unspecified atom stereocenters. The first-order valence-corrected chi connectivity index (χ1v) is 8.14. The SMILES string of the molecule is CCCCOc1ccc(C(=O)Nc2ccc(OC)cc2C(F)(F)F)cc1. The lowest BCUT2D eigenvalue weighted by atomic mass is 10.1. The summed E-state index contributed by atoms with van der Waals surface area (Å²) in [6, 6.07) is 9.62. The van der Waals surface area contributed by atoms with Crippen molar-refractivity contribution in [1.29, 1.82) is 0 Å². The second kappa shape index (κ2) is 8.60. The highest BCUT2D eigenvalue weighted by Gasteiger charge is 2.34. The zero-order chi connectivity index (χ0) is 19.2. The molecule has 2 aromatic rings. The molecule has 0 heterocycles. The molecule has 0 saturated heterocycles. The quantitative estimate of drug-likeness (QED) is 0.689. The summed E-state index contributed by atoms with van der Waals surface area (Å²) in [6.45, 7) is 2.62. The third-order valence-electron chi connectivity index (χ3n) is 3.66. The van der Waals surface area contributed by atoms with Crippen molar-refractivity contribution in [1.82, 2.24) is 0 Å². The van der Waals surface area contributed by atoms with Crippen molar-refractivity contribution in [2.45, 2.75) is 25.9 Å². The van der Waals surface area contributed by atoms with E-state index in [4.69, 9.17) is 9.47 Å². The van der Waals surface area contributed by atoms with E-state index in [1.54, 1.807) is 12.1 Å². The Balaban J connectivity index is 2.14. The summed E-state index contributed by atoms with van der Waals surface area (Å²) in [7, 11) is 1.28. The van der Waals surface area contributed by atoms with Gasteiger partial charge in [-0.15, -0.1) is 0 Å². The number of nitrogens with one attached hydrogen (secondary N) is 1. The minimum absolute atomic E-state index is 0.0592. The molecule has 1 N–H and O–H groups in total. The van der Waals surface area contributed by atoms with Gasteiger partial charge >= 0.3 is 6.18 Å². The molecule has 7 heteroatoms. The Kier molecular flexibility index (Phi) is 6.49. The maximum atomic E-state index is 13.2. The third-order valence-corrected chi connectivity index (χ3v) is 3.66. The molecule has 4 nitrogen and oxygen atoms in total. The Hall–Kier alpha value is -2.70. The first-order valence-electron chi connectivity index (χ1n) is 8.14. The third kappa shape index (κ3) is 5.15. The standard InChI is InChI=1S/C19H20F3NO3/c1-3-4-11-26-14-7-5-13(6-8-14)18(24)23-17-10-9-15(25-2)12-16(17)19(20,21)22/h5-10,12H,3-4,11H2,1-2H3,(H,23,24). The van der Waals surface area contributed by atoms with Gasteiger partial charge in [0.1, 0.15) is 11.5 Å². The molecule has 0 bridgehead atoms. The maximum Gasteiger partial charge on any atom is 0.418 e. The van der Waals surface area contributed by atoms with Crippen LogP contribution in [0, 0.1) is 0 Å². The summed E-state index contributed by atoms with van der Waals surface area (Å²) in [5.41, 5.74) is -1.06. The zero-order valence-electron chi connectivity index (χ0n) is 14.5. The summed E-state index contributed by atoms with van der Waals surface area (Å²) >= 11 is 0. The number of anilines is 1. The Morgan fingerprint density at radius 3 is 2.31 bits per heavy atom. The molecule has 2 rings (SSSR count). The van der Waals surface area contributed by atoms with Gasteiger partial charge in [-0.1, -0.05) is 13.3 Å². The van der Waals surface area contributed by atoms with E-state index in [1.165, 1.54) is 31.4 Å². The highest BCUT2D eigenvalue weighted by molar-refractivity contribution is 6.04. The first-order chi connectivity index (χ1) is 12.3. The fourth-order valence-electron chi connectivity index (χ4n) is 2.23. The van der Waals surface area contributed by atoms with Crippen LogP contribution >= 0.6 is 0 Å². The van der Waals surface area contributed by atoms with Crippen molar-refractivity contribution in [3.8, 4) is 11.5 Å². The molecule has 0 aliphatic heterocycles. The normalized spacial score (nSPS) is 11.1. The van der Waals surface area contributed by atoms with Crippen LogP contribution in [-0.2, 0) is 6.18 Å². The summed E-state index contributed by atoms with van der Waals surface area (Å²) in [5.74, 6) is 0.0279. The largest absolute Gasteiger partial charge is 0.497 e. The maximum absolute atomic E-state index is 13.2. The number of methoxy groups -OCH3 is 1. The van der Waals surface area contributed by atoms with Gasteiger partial charge in [-0.05, 0) is 48.9 Å². The average molecular weight is 367 g/mol. The molecule has 140 valence electrons.